The molecule has 0 aliphatic carbocycles. The van der Waals surface area contributed by atoms with Gasteiger partial charge in [-0.3, -0.25) is 0 Å². The van der Waals surface area contributed by atoms with Crippen LogP contribution in [0.1, 0.15) is 18.9 Å². The van der Waals surface area contributed by atoms with E-state index in [1.807, 2.05) is 13.0 Å². The maximum atomic E-state index is 12.2. The first-order chi connectivity index (χ1) is 9.45. The van der Waals surface area contributed by atoms with Crippen LogP contribution in [-0.2, 0) is 14.6 Å². The van der Waals surface area contributed by atoms with Crippen molar-refractivity contribution in [2.75, 3.05) is 25.5 Å². The molecule has 108 valence electrons. The third-order valence-corrected chi connectivity index (χ3v) is 5.18. The second-order valence-electron chi connectivity index (χ2n) is 5.25. The Morgan fingerprint density at radius 1 is 1.50 bits per heavy atom. The monoisotopic (exact) mass is 294 g/mol. The summed E-state index contributed by atoms with van der Waals surface area (Å²) >= 11 is 0. The van der Waals surface area contributed by atoms with Crippen molar-refractivity contribution >= 4 is 9.84 Å². The van der Waals surface area contributed by atoms with Gasteiger partial charge in [0.1, 0.15) is 0 Å². The Morgan fingerprint density at radius 2 is 2.30 bits per heavy atom. The number of rotatable bonds is 5. The molecule has 6 heteroatoms. The Balaban J connectivity index is 1.99. The van der Waals surface area contributed by atoms with Crippen molar-refractivity contribution in [3.05, 3.63) is 29.8 Å². The molecule has 0 aromatic heterocycles. The van der Waals surface area contributed by atoms with Gasteiger partial charge in [0.2, 0.25) is 0 Å². The minimum absolute atomic E-state index is 0.0114. The van der Waals surface area contributed by atoms with Crippen LogP contribution in [0.5, 0.6) is 0 Å². The summed E-state index contributed by atoms with van der Waals surface area (Å²) < 4.78 is 29.7. The van der Waals surface area contributed by atoms with E-state index in [9.17, 15) is 8.42 Å². The first kappa shape index (κ1) is 15.0. The second kappa shape index (κ2) is 5.92. The van der Waals surface area contributed by atoms with Crippen molar-refractivity contribution in [2.24, 2.45) is 0 Å². The maximum absolute atomic E-state index is 12.2. The van der Waals surface area contributed by atoms with Gasteiger partial charge >= 0.3 is 0 Å². The highest BCUT2D eigenvalue weighted by Crippen LogP contribution is 2.18. The number of benzene rings is 1. The standard InChI is InChI=1S/C14H18N2O3S/c1-14(5-7-19-11-14)16-6-8-20(17,18)13-4-2-3-12(9-13)10-15/h2-4,9,16H,5-8,11H2,1H3. The van der Waals surface area contributed by atoms with Crippen LogP contribution in [0.25, 0.3) is 0 Å². The largest absolute Gasteiger partial charge is 0.379 e. The molecule has 1 heterocycles. The van der Waals surface area contributed by atoms with Crippen LogP contribution in [-0.4, -0.2) is 39.5 Å². The van der Waals surface area contributed by atoms with Gasteiger partial charge in [-0.1, -0.05) is 6.07 Å². The van der Waals surface area contributed by atoms with E-state index >= 15 is 0 Å². The molecule has 1 aliphatic rings. The van der Waals surface area contributed by atoms with E-state index in [4.69, 9.17) is 10.00 Å². The average molecular weight is 294 g/mol. The number of sulfone groups is 1. The third-order valence-electron chi connectivity index (χ3n) is 3.46. The Kier molecular flexibility index (Phi) is 4.43. The van der Waals surface area contributed by atoms with Crippen molar-refractivity contribution in [3.63, 3.8) is 0 Å². The highest BCUT2D eigenvalue weighted by atomic mass is 32.2. The van der Waals surface area contributed by atoms with Gasteiger partial charge in [0, 0.05) is 18.7 Å². The molecule has 0 radical (unpaired) electrons. The minimum Gasteiger partial charge on any atom is -0.379 e. The van der Waals surface area contributed by atoms with Crippen LogP contribution in [0.4, 0.5) is 0 Å². The lowest BCUT2D eigenvalue weighted by Gasteiger charge is -2.23. The first-order valence-electron chi connectivity index (χ1n) is 6.51. The van der Waals surface area contributed by atoms with Crippen LogP contribution < -0.4 is 5.32 Å². The van der Waals surface area contributed by atoms with Gasteiger partial charge in [0.15, 0.2) is 9.84 Å². The van der Waals surface area contributed by atoms with Crippen LogP contribution in [0.2, 0.25) is 0 Å². The summed E-state index contributed by atoms with van der Waals surface area (Å²) in [6.07, 6.45) is 0.886. The zero-order valence-electron chi connectivity index (χ0n) is 11.4. The van der Waals surface area contributed by atoms with Gasteiger partial charge < -0.3 is 10.1 Å². The zero-order chi connectivity index (χ0) is 14.6. The molecule has 0 spiro atoms. The van der Waals surface area contributed by atoms with Crippen LogP contribution >= 0.6 is 0 Å². The first-order valence-corrected chi connectivity index (χ1v) is 8.16. The van der Waals surface area contributed by atoms with Crippen LogP contribution in [0.15, 0.2) is 29.2 Å². The van der Waals surface area contributed by atoms with Crippen LogP contribution in [0, 0.1) is 11.3 Å². The fraction of sp³-hybridized carbons (Fsp3) is 0.500. The minimum atomic E-state index is -3.37. The number of ether oxygens (including phenoxy) is 1. The van der Waals surface area contributed by atoms with Gasteiger partial charge in [0.05, 0.1) is 28.9 Å². The molecule has 1 unspecified atom stereocenters. The Morgan fingerprint density at radius 3 is 2.95 bits per heavy atom. The molecule has 1 aromatic rings. The summed E-state index contributed by atoms with van der Waals surface area (Å²) in [7, 11) is -3.37. The van der Waals surface area contributed by atoms with E-state index in [-0.39, 0.29) is 16.2 Å². The molecule has 1 N–H and O–H groups in total. The van der Waals surface area contributed by atoms with Crippen molar-refractivity contribution in [1.29, 1.82) is 5.26 Å². The molecule has 2 rings (SSSR count). The number of nitriles is 1. The summed E-state index contributed by atoms with van der Waals surface area (Å²) in [5.74, 6) is 0.0114. The molecule has 1 fully saturated rings. The SMILES string of the molecule is CC1(NCCS(=O)(=O)c2cccc(C#N)c2)CCOC1. The predicted octanol–water partition coefficient (Wildman–Crippen LogP) is 1.10. The Bertz CT molecular complexity index is 614. The van der Waals surface area contributed by atoms with Crippen molar-refractivity contribution in [3.8, 4) is 6.07 Å². The number of hydrogen-bond donors (Lipinski definition) is 1. The third kappa shape index (κ3) is 3.57. The van der Waals surface area contributed by atoms with E-state index in [2.05, 4.69) is 5.32 Å². The summed E-state index contributed by atoms with van der Waals surface area (Å²) in [5.41, 5.74) is 0.222. The topological polar surface area (TPSA) is 79.2 Å². The molecule has 1 aliphatic heterocycles. The highest BCUT2D eigenvalue weighted by molar-refractivity contribution is 7.91. The van der Waals surface area contributed by atoms with Crippen LogP contribution in [0.3, 0.4) is 0 Å². The van der Waals surface area contributed by atoms with Gasteiger partial charge in [-0.2, -0.15) is 5.26 Å². The predicted molar refractivity (Wildman–Crippen MR) is 75.1 cm³/mol. The van der Waals surface area contributed by atoms with Gasteiger partial charge in [0.25, 0.3) is 0 Å². The van der Waals surface area contributed by atoms with E-state index in [0.717, 1.165) is 6.42 Å². The lowest BCUT2D eigenvalue weighted by Crippen LogP contribution is -2.44. The van der Waals surface area contributed by atoms with Crippen molar-refractivity contribution in [1.82, 2.24) is 5.32 Å². The molecule has 0 amide bonds. The highest BCUT2D eigenvalue weighted by Gasteiger charge is 2.29. The van der Waals surface area contributed by atoms with E-state index in [1.54, 1.807) is 12.1 Å². The lowest BCUT2D eigenvalue weighted by molar-refractivity contribution is 0.172. The smallest absolute Gasteiger partial charge is 0.179 e. The van der Waals surface area contributed by atoms with Gasteiger partial charge in [-0.15, -0.1) is 0 Å². The molecule has 0 bridgehead atoms. The molecule has 5 nitrogen and oxygen atoms in total. The molecule has 1 atom stereocenters. The maximum Gasteiger partial charge on any atom is 0.179 e. The zero-order valence-corrected chi connectivity index (χ0v) is 12.2. The van der Waals surface area contributed by atoms with E-state index < -0.39 is 9.84 Å². The quantitative estimate of drug-likeness (QED) is 0.879. The van der Waals surface area contributed by atoms with Gasteiger partial charge in [-0.25, -0.2) is 8.42 Å². The van der Waals surface area contributed by atoms with E-state index in [1.165, 1.54) is 12.1 Å². The lowest BCUT2D eigenvalue weighted by atomic mass is 10.0. The molecule has 1 saturated heterocycles. The molecule has 20 heavy (non-hydrogen) atoms. The summed E-state index contributed by atoms with van der Waals surface area (Å²) in [6, 6.07) is 8.07. The molecular weight excluding hydrogens is 276 g/mol. The average Bonchev–Trinajstić information content (AvgIpc) is 2.85. The number of nitrogens with zero attached hydrogens (tertiary/aromatic N) is 1. The fourth-order valence-corrected chi connectivity index (χ4v) is 3.37. The second-order valence-corrected chi connectivity index (χ2v) is 7.36. The van der Waals surface area contributed by atoms with Crippen molar-refractivity contribution in [2.45, 2.75) is 23.8 Å². The molecule has 0 saturated carbocycles. The summed E-state index contributed by atoms with van der Waals surface area (Å²) in [5, 5.41) is 12.1. The van der Waals surface area contributed by atoms with Crippen molar-refractivity contribution < 1.29 is 13.2 Å². The number of nitrogens with one attached hydrogen (secondary N) is 1. The summed E-state index contributed by atoms with van der Waals surface area (Å²) in [6.45, 7) is 3.72. The van der Waals surface area contributed by atoms with E-state index in [0.29, 0.717) is 25.3 Å². The Labute approximate surface area is 119 Å². The molecular formula is C14H18N2O3S. The Hall–Kier alpha value is -1.42. The molecule has 1 aromatic carbocycles. The number of hydrogen-bond acceptors (Lipinski definition) is 5. The van der Waals surface area contributed by atoms with Gasteiger partial charge in [-0.05, 0) is 31.5 Å². The fourth-order valence-electron chi connectivity index (χ4n) is 2.17. The normalized spacial score (nSPS) is 22.6. The summed E-state index contributed by atoms with van der Waals surface area (Å²) in [4.78, 5) is 0.200.